The number of nitrogens with one attached hydrogen (secondary N) is 1. The van der Waals surface area contributed by atoms with Gasteiger partial charge in [-0.1, -0.05) is 0 Å². The first kappa shape index (κ1) is 9.78. The summed E-state index contributed by atoms with van der Waals surface area (Å²) in [4.78, 5) is 0.640. The Kier molecular flexibility index (Phi) is 1.82. The van der Waals surface area contributed by atoms with Crippen LogP contribution >= 0.6 is 11.3 Å². The molecule has 4 heteroatoms. The maximum atomic E-state index is 8.89. The molecule has 3 saturated carbocycles. The first-order valence-corrected chi connectivity index (χ1v) is 7.15. The number of thiophene rings is 1. The predicted molar refractivity (Wildman–Crippen MR) is 68.7 cm³/mol. The summed E-state index contributed by atoms with van der Waals surface area (Å²) in [7, 11) is 0. The van der Waals surface area contributed by atoms with Gasteiger partial charge in [-0.2, -0.15) is 5.26 Å². The van der Waals surface area contributed by atoms with E-state index in [-0.39, 0.29) is 0 Å². The Bertz CT molecular complexity index is 499. The Hall–Kier alpha value is -1.21. The first-order chi connectivity index (χ1) is 8.28. The molecule has 0 amide bonds. The van der Waals surface area contributed by atoms with Gasteiger partial charge < -0.3 is 11.1 Å². The summed E-state index contributed by atoms with van der Waals surface area (Å²) in [6, 6.07) is 4.73. The number of nitrogens with zero attached hydrogens (tertiary/aromatic N) is 1. The molecule has 4 atom stereocenters. The van der Waals surface area contributed by atoms with E-state index >= 15 is 0 Å². The lowest BCUT2D eigenvalue weighted by atomic mass is 10.0. The van der Waals surface area contributed by atoms with Crippen LogP contribution in [0.2, 0.25) is 0 Å². The highest BCUT2D eigenvalue weighted by Crippen LogP contribution is 2.66. The van der Waals surface area contributed by atoms with E-state index in [9.17, 15) is 0 Å². The molecule has 1 aromatic rings. The molecular weight excluding hydrogens is 230 g/mol. The summed E-state index contributed by atoms with van der Waals surface area (Å²) in [5, 5.41) is 13.6. The van der Waals surface area contributed by atoms with Gasteiger partial charge in [0.25, 0.3) is 0 Å². The highest BCUT2D eigenvalue weighted by atomic mass is 32.1. The van der Waals surface area contributed by atoms with Crippen molar-refractivity contribution in [3.63, 3.8) is 0 Å². The molecule has 0 aliphatic heterocycles. The van der Waals surface area contributed by atoms with Crippen molar-refractivity contribution in [1.29, 1.82) is 5.26 Å². The summed E-state index contributed by atoms with van der Waals surface area (Å²) >= 11 is 1.49. The van der Waals surface area contributed by atoms with Crippen molar-refractivity contribution in [1.82, 2.24) is 0 Å². The van der Waals surface area contributed by atoms with Crippen molar-refractivity contribution in [3.05, 3.63) is 10.9 Å². The highest BCUT2D eigenvalue weighted by molar-refractivity contribution is 7.17. The van der Waals surface area contributed by atoms with Crippen molar-refractivity contribution in [2.24, 2.45) is 23.7 Å². The summed E-state index contributed by atoms with van der Waals surface area (Å²) in [6.07, 6.45) is 4.36. The van der Waals surface area contributed by atoms with Crippen LogP contribution in [0.1, 0.15) is 24.1 Å². The Morgan fingerprint density at radius 1 is 1.35 bits per heavy atom. The number of hydrogen-bond acceptors (Lipinski definition) is 4. The molecule has 3 nitrogen and oxygen atoms in total. The maximum absolute atomic E-state index is 8.89. The summed E-state index contributed by atoms with van der Waals surface area (Å²) in [5.41, 5.74) is 6.40. The topological polar surface area (TPSA) is 61.8 Å². The number of hydrogen-bond donors (Lipinski definition) is 2. The summed E-state index contributed by atoms with van der Waals surface area (Å²) < 4.78 is 0. The van der Waals surface area contributed by atoms with Gasteiger partial charge in [0.1, 0.15) is 10.9 Å². The zero-order valence-corrected chi connectivity index (χ0v) is 10.3. The molecule has 2 bridgehead atoms. The van der Waals surface area contributed by atoms with E-state index in [2.05, 4.69) is 11.4 Å². The predicted octanol–water partition coefficient (Wildman–Crippen LogP) is 2.66. The van der Waals surface area contributed by atoms with Gasteiger partial charge in [0.15, 0.2) is 0 Å². The van der Waals surface area contributed by atoms with Crippen LogP contribution in [0, 0.1) is 35.0 Å². The fourth-order valence-electron chi connectivity index (χ4n) is 4.25. The largest absolute Gasteiger partial charge is 0.397 e. The van der Waals surface area contributed by atoms with Gasteiger partial charge in [0, 0.05) is 6.04 Å². The molecule has 17 heavy (non-hydrogen) atoms. The number of nitrogens with two attached hydrogens (primary N) is 1. The van der Waals surface area contributed by atoms with Crippen LogP contribution in [-0.4, -0.2) is 6.04 Å². The fourth-order valence-corrected chi connectivity index (χ4v) is 5.07. The molecule has 3 aliphatic rings. The van der Waals surface area contributed by atoms with Crippen LogP contribution in [0.15, 0.2) is 6.07 Å². The molecule has 3 N–H and O–H groups in total. The van der Waals surface area contributed by atoms with Crippen molar-refractivity contribution in [2.45, 2.75) is 25.3 Å². The average Bonchev–Trinajstić information content (AvgIpc) is 2.71. The molecule has 0 spiro atoms. The second-order valence-electron chi connectivity index (χ2n) is 5.66. The maximum Gasteiger partial charge on any atom is 0.129 e. The van der Waals surface area contributed by atoms with E-state index in [4.69, 9.17) is 11.0 Å². The average molecular weight is 245 g/mol. The van der Waals surface area contributed by atoms with Crippen LogP contribution in [0.3, 0.4) is 0 Å². The normalized spacial score (nSPS) is 41.0. The molecule has 0 aromatic carbocycles. The Morgan fingerprint density at radius 3 is 2.65 bits per heavy atom. The van der Waals surface area contributed by atoms with Crippen LogP contribution < -0.4 is 11.1 Å². The van der Waals surface area contributed by atoms with E-state index in [1.165, 1.54) is 30.6 Å². The van der Waals surface area contributed by atoms with Crippen molar-refractivity contribution < 1.29 is 0 Å². The van der Waals surface area contributed by atoms with E-state index in [1.54, 1.807) is 0 Å². The number of nitrogen functional groups attached to an aromatic ring is 1. The SMILES string of the molecule is N#Cc1sc(NC2C3C4CCC(C4)C23)cc1N. The van der Waals surface area contributed by atoms with Crippen LogP contribution in [0.25, 0.3) is 0 Å². The molecule has 0 radical (unpaired) electrons. The molecule has 4 rings (SSSR count). The number of nitriles is 1. The molecule has 1 aromatic heterocycles. The van der Waals surface area contributed by atoms with E-state index in [0.29, 0.717) is 16.6 Å². The molecule has 1 heterocycles. The van der Waals surface area contributed by atoms with Gasteiger partial charge in [-0.3, -0.25) is 0 Å². The summed E-state index contributed by atoms with van der Waals surface area (Å²) in [6.45, 7) is 0. The molecule has 4 unspecified atom stereocenters. The minimum Gasteiger partial charge on any atom is -0.397 e. The van der Waals surface area contributed by atoms with Crippen LogP contribution in [-0.2, 0) is 0 Å². The van der Waals surface area contributed by atoms with Gasteiger partial charge >= 0.3 is 0 Å². The van der Waals surface area contributed by atoms with E-state index in [0.717, 1.165) is 28.7 Å². The molecular formula is C13H15N3S. The number of rotatable bonds is 2. The minimum atomic E-state index is 0.619. The molecule has 0 saturated heterocycles. The smallest absolute Gasteiger partial charge is 0.129 e. The standard InChI is InChI=1S/C13H15N3S/c14-5-9-8(15)4-10(17-9)16-13-11-6-1-2-7(3-6)12(11)13/h4,6-7,11-13,16H,1-3,15H2. The molecule has 88 valence electrons. The third-order valence-corrected chi connectivity index (χ3v) is 5.89. The lowest BCUT2D eigenvalue weighted by molar-refractivity contribution is 0.456. The van der Waals surface area contributed by atoms with Gasteiger partial charge in [-0.25, -0.2) is 0 Å². The van der Waals surface area contributed by atoms with Crippen molar-refractivity contribution in [2.75, 3.05) is 11.1 Å². The van der Waals surface area contributed by atoms with Crippen molar-refractivity contribution >= 4 is 22.0 Å². The second kappa shape index (κ2) is 3.17. The zero-order chi connectivity index (χ0) is 11.6. The lowest BCUT2D eigenvalue weighted by Gasteiger charge is -2.09. The summed E-state index contributed by atoms with van der Waals surface area (Å²) in [5.74, 6) is 3.80. The molecule has 3 fully saturated rings. The number of fused-ring (bicyclic) bond motifs is 5. The van der Waals surface area contributed by atoms with E-state index < -0.39 is 0 Å². The Morgan fingerprint density at radius 2 is 2.06 bits per heavy atom. The van der Waals surface area contributed by atoms with Gasteiger partial charge in [0.2, 0.25) is 0 Å². The fraction of sp³-hybridized carbons (Fsp3) is 0.615. The second-order valence-corrected chi connectivity index (χ2v) is 6.72. The lowest BCUT2D eigenvalue weighted by Crippen LogP contribution is -2.11. The van der Waals surface area contributed by atoms with Crippen molar-refractivity contribution in [3.8, 4) is 6.07 Å². The zero-order valence-electron chi connectivity index (χ0n) is 9.52. The van der Waals surface area contributed by atoms with E-state index in [1.807, 2.05) is 6.07 Å². The number of anilines is 2. The van der Waals surface area contributed by atoms with Gasteiger partial charge in [-0.05, 0) is 49.0 Å². The van der Waals surface area contributed by atoms with Gasteiger partial charge in [-0.15, -0.1) is 11.3 Å². The Balaban J connectivity index is 1.51. The Labute approximate surface area is 105 Å². The van der Waals surface area contributed by atoms with Gasteiger partial charge in [0.05, 0.1) is 10.7 Å². The molecule has 3 aliphatic carbocycles. The minimum absolute atomic E-state index is 0.619. The monoisotopic (exact) mass is 245 g/mol. The first-order valence-electron chi connectivity index (χ1n) is 6.34. The third kappa shape index (κ3) is 1.26. The van der Waals surface area contributed by atoms with Crippen LogP contribution in [0.4, 0.5) is 10.7 Å². The highest BCUT2D eigenvalue weighted by Gasteiger charge is 2.65. The third-order valence-electron chi connectivity index (χ3n) is 4.91. The van der Waals surface area contributed by atoms with Crippen LogP contribution in [0.5, 0.6) is 0 Å². The quantitative estimate of drug-likeness (QED) is 0.842.